The van der Waals surface area contributed by atoms with Gasteiger partial charge in [-0.3, -0.25) is 0 Å². The van der Waals surface area contributed by atoms with Gasteiger partial charge in [0, 0.05) is 5.33 Å². The largest absolute Gasteiger partial charge is 0.487 e. The monoisotopic (exact) mass is 324 g/mol. The van der Waals surface area contributed by atoms with E-state index in [0.717, 1.165) is 9.81 Å². The van der Waals surface area contributed by atoms with E-state index in [1.165, 1.54) is 0 Å². The molecule has 1 saturated heterocycles. The van der Waals surface area contributed by atoms with Gasteiger partial charge in [-0.05, 0) is 38.2 Å². The lowest BCUT2D eigenvalue weighted by atomic mass is 9.90. The summed E-state index contributed by atoms with van der Waals surface area (Å²) in [5.74, 6) is 1.94. The number of hydrogen-bond donors (Lipinski definition) is 0. The molecule has 5 heteroatoms. The van der Waals surface area contributed by atoms with Gasteiger partial charge in [0.1, 0.15) is 0 Å². The van der Waals surface area contributed by atoms with Crippen molar-refractivity contribution in [3.05, 3.63) is 10.5 Å². The molecule has 0 atom stereocenters. The van der Waals surface area contributed by atoms with Crippen LogP contribution < -0.4 is 0 Å². The van der Waals surface area contributed by atoms with Gasteiger partial charge in [-0.2, -0.15) is 0 Å². The lowest BCUT2D eigenvalue weighted by molar-refractivity contribution is 0.00578. The van der Waals surface area contributed by atoms with Crippen molar-refractivity contribution in [2.75, 3.05) is 5.33 Å². The van der Waals surface area contributed by atoms with Crippen LogP contribution in [0.5, 0.6) is 0 Å². The third kappa shape index (κ3) is 2.63. The van der Waals surface area contributed by atoms with Crippen molar-refractivity contribution in [1.29, 1.82) is 0 Å². The molecule has 1 aliphatic rings. The predicted octanol–water partition coefficient (Wildman–Crippen LogP) is 3.29. The summed E-state index contributed by atoms with van der Waals surface area (Å²) in [6, 6.07) is 0. The fraction of sp³-hybridized carbons (Fsp3) is 0.778. The van der Waals surface area contributed by atoms with Crippen LogP contribution in [-0.2, 0) is 9.31 Å². The molecule has 0 aromatic rings. The number of allylic oxidation sites excluding steroid dienone is 1. The second-order valence-corrected chi connectivity index (χ2v) is 5.95. The van der Waals surface area contributed by atoms with Gasteiger partial charge in [-0.25, -0.2) is 0 Å². The fourth-order valence-electron chi connectivity index (χ4n) is 1.15. The normalized spacial score (nSPS) is 25.6. The Hall–Kier alpha value is 0.685. The molecule has 1 rings (SSSR count). The summed E-state index contributed by atoms with van der Waals surface area (Å²) in [5, 5.41) is 0.775. The molecule has 0 aliphatic carbocycles. The van der Waals surface area contributed by atoms with Crippen LogP contribution in [0.3, 0.4) is 0 Å². The van der Waals surface area contributed by atoms with E-state index in [1.807, 2.05) is 33.7 Å². The molecule has 0 spiro atoms. The highest BCUT2D eigenvalue weighted by Gasteiger charge is 2.50. The van der Waals surface area contributed by atoms with E-state index < -0.39 is 0 Å². The van der Waals surface area contributed by atoms with Crippen molar-refractivity contribution in [2.45, 2.75) is 38.9 Å². The first-order chi connectivity index (χ1) is 6.28. The van der Waals surface area contributed by atoms with Crippen molar-refractivity contribution in [1.82, 2.24) is 0 Å². The highest BCUT2D eigenvalue weighted by atomic mass is 79.9. The Morgan fingerprint density at radius 3 is 2.00 bits per heavy atom. The van der Waals surface area contributed by atoms with Crippen LogP contribution in [0.15, 0.2) is 10.5 Å². The minimum atomic E-state index is -0.257. The van der Waals surface area contributed by atoms with Crippen molar-refractivity contribution in [3.8, 4) is 0 Å². The van der Waals surface area contributed by atoms with Gasteiger partial charge in [0.2, 0.25) is 0 Å². The lowest BCUT2D eigenvalue weighted by Gasteiger charge is -2.32. The number of alkyl halides is 1. The average Bonchev–Trinajstić information content (AvgIpc) is 2.20. The van der Waals surface area contributed by atoms with Gasteiger partial charge in [0.25, 0.3) is 0 Å². The Kier molecular flexibility index (Phi) is 3.90. The highest BCUT2D eigenvalue weighted by Crippen LogP contribution is 2.37. The molecule has 1 aliphatic heterocycles. The number of rotatable bonds is 2. The Labute approximate surface area is 103 Å². The molecule has 0 saturated carbocycles. The second kappa shape index (κ2) is 4.28. The first kappa shape index (κ1) is 12.8. The second-order valence-electron chi connectivity index (χ2n) is 4.37. The Morgan fingerprint density at radius 2 is 1.64 bits per heavy atom. The first-order valence-electron chi connectivity index (χ1n) is 4.56. The maximum absolute atomic E-state index is 5.79. The molecule has 14 heavy (non-hydrogen) atoms. The molecule has 0 unspecified atom stereocenters. The van der Waals surface area contributed by atoms with E-state index in [2.05, 4.69) is 31.9 Å². The Morgan fingerprint density at radius 1 is 1.21 bits per heavy atom. The summed E-state index contributed by atoms with van der Waals surface area (Å²) in [4.78, 5) is 0. The standard InChI is InChI=1S/C9H15BBr2O2/c1-8(2)9(3,4)14-10(13-8)5-7(12)6-11/h5H,6H2,1-4H3/b7-5-. The first-order valence-corrected chi connectivity index (χ1v) is 6.48. The third-order valence-electron chi connectivity index (χ3n) is 2.72. The van der Waals surface area contributed by atoms with Crippen LogP contribution in [0.4, 0.5) is 0 Å². The third-order valence-corrected chi connectivity index (χ3v) is 4.62. The summed E-state index contributed by atoms with van der Waals surface area (Å²) >= 11 is 6.77. The topological polar surface area (TPSA) is 18.5 Å². The maximum atomic E-state index is 5.79. The van der Waals surface area contributed by atoms with Crippen LogP contribution in [0, 0.1) is 0 Å². The van der Waals surface area contributed by atoms with Gasteiger partial charge in [-0.1, -0.05) is 31.9 Å². The molecular formula is C9H15BBr2O2. The zero-order chi connectivity index (χ0) is 11.0. The van der Waals surface area contributed by atoms with E-state index in [4.69, 9.17) is 9.31 Å². The van der Waals surface area contributed by atoms with E-state index in [-0.39, 0.29) is 18.3 Å². The Bertz CT molecular complexity index is 235. The summed E-state index contributed by atoms with van der Waals surface area (Å²) in [6.45, 7) is 8.18. The predicted molar refractivity (Wildman–Crippen MR) is 66.9 cm³/mol. The number of halogens is 2. The zero-order valence-corrected chi connectivity index (χ0v) is 12.1. The molecule has 0 bridgehead atoms. The molecule has 0 aromatic heterocycles. The molecule has 2 nitrogen and oxygen atoms in total. The molecule has 0 radical (unpaired) electrons. The highest BCUT2D eigenvalue weighted by molar-refractivity contribution is 9.13. The van der Waals surface area contributed by atoms with E-state index >= 15 is 0 Å². The zero-order valence-electron chi connectivity index (χ0n) is 8.93. The summed E-state index contributed by atoms with van der Waals surface area (Å²) < 4.78 is 12.6. The van der Waals surface area contributed by atoms with E-state index in [1.54, 1.807) is 0 Å². The van der Waals surface area contributed by atoms with Crippen molar-refractivity contribution in [3.63, 3.8) is 0 Å². The summed E-state index contributed by atoms with van der Waals surface area (Å²) in [6.07, 6.45) is 0. The molecule has 1 fully saturated rings. The Balaban J connectivity index is 2.73. The molecule has 0 amide bonds. The minimum Gasteiger partial charge on any atom is -0.400 e. The van der Waals surface area contributed by atoms with Crippen molar-refractivity contribution >= 4 is 39.0 Å². The molecular weight excluding hydrogens is 311 g/mol. The van der Waals surface area contributed by atoms with Crippen LogP contribution in [0.2, 0.25) is 0 Å². The molecule has 1 heterocycles. The van der Waals surface area contributed by atoms with Crippen molar-refractivity contribution < 1.29 is 9.31 Å². The quantitative estimate of drug-likeness (QED) is 0.573. The van der Waals surface area contributed by atoms with Crippen molar-refractivity contribution in [2.24, 2.45) is 0 Å². The van der Waals surface area contributed by atoms with Gasteiger partial charge in [-0.15, -0.1) is 0 Å². The average molecular weight is 326 g/mol. The minimum absolute atomic E-state index is 0.256. The van der Waals surface area contributed by atoms with Gasteiger partial charge < -0.3 is 9.31 Å². The van der Waals surface area contributed by atoms with Crippen LogP contribution in [0.1, 0.15) is 27.7 Å². The van der Waals surface area contributed by atoms with Crippen LogP contribution in [-0.4, -0.2) is 23.7 Å². The summed E-state index contributed by atoms with van der Waals surface area (Å²) in [5.41, 5.74) is -0.512. The molecule has 0 N–H and O–H groups in total. The smallest absolute Gasteiger partial charge is 0.400 e. The maximum Gasteiger partial charge on any atom is 0.487 e. The number of hydrogen-bond acceptors (Lipinski definition) is 2. The summed E-state index contributed by atoms with van der Waals surface area (Å²) in [7, 11) is -0.257. The SMILES string of the molecule is CC1(C)OB(/C=C(\Br)CBr)OC1(C)C. The fourth-order valence-corrected chi connectivity index (χ4v) is 1.55. The van der Waals surface area contributed by atoms with Gasteiger partial charge in [0.05, 0.1) is 11.2 Å². The molecule has 0 aromatic carbocycles. The van der Waals surface area contributed by atoms with Gasteiger partial charge in [0.15, 0.2) is 0 Å². The van der Waals surface area contributed by atoms with Crippen LogP contribution in [0.25, 0.3) is 0 Å². The van der Waals surface area contributed by atoms with Crippen LogP contribution >= 0.6 is 31.9 Å². The van der Waals surface area contributed by atoms with E-state index in [0.29, 0.717) is 0 Å². The molecule has 80 valence electrons. The van der Waals surface area contributed by atoms with E-state index in [9.17, 15) is 0 Å². The van der Waals surface area contributed by atoms with Gasteiger partial charge >= 0.3 is 7.12 Å². The lowest BCUT2D eigenvalue weighted by Crippen LogP contribution is -2.41.